The highest BCUT2D eigenvalue weighted by atomic mass is 31.2. The van der Waals surface area contributed by atoms with Crippen LogP contribution in [0, 0.1) is 0 Å². The highest BCUT2D eigenvalue weighted by Crippen LogP contribution is 2.48. The van der Waals surface area contributed by atoms with Crippen LogP contribution in [-0.2, 0) is 13.7 Å². The lowest BCUT2D eigenvalue weighted by molar-refractivity contribution is 0.307. The van der Waals surface area contributed by atoms with Crippen molar-refractivity contribution < 1.29 is 18.5 Å². The maximum absolute atomic E-state index is 11.5. The van der Waals surface area contributed by atoms with E-state index in [4.69, 9.17) is 9.42 Å². The molecule has 84 valence electrons. The number of hydrogen-bond acceptors (Lipinski definition) is 3. The number of rotatable bonds is 8. The molecule has 0 saturated carbocycles. The van der Waals surface area contributed by atoms with Crippen molar-refractivity contribution in [3.63, 3.8) is 0 Å². The topological polar surface area (TPSA) is 63.6 Å². The van der Waals surface area contributed by atoms with E-state index in [0.717, 1.165) is 25.7 Å². The zero-order valence-electron chi connectivity index (χ0n) is 8.81. The van der Waals surface area contributed by atoms with Crippen LogP contribution in [0.25, 0.3) is 0 Å². The Bertz CT molecular complexity index is 217. The van der Waals surface area contributed by atoms with Gasteiger partial charge in [-0.3, -0.25) is 4.57 Å². The zero-order chi connectivity index (χ0) is 11.0. The van der Waals surface area contributed by atoms with Crippen LogP contribution in [0.3, 0.4) is 0 Å². The molecule has 0 fully saturated rings. The number of hydrogen-bond donors (Lipinski definition) is 1. The Hall–Kier alpha value is 0.250. The van der Waals surface area contributed by atoms with Crippen molar-refractivity contribution in [2.45, 2.75) is 32.6 Å². The molecule has 2 unspecified atom stereocenters. The summed E-state index contributed by atoms with van der Waals surface area (Å²) < 4.78 is 27.0. The predicted octanol–water partition coefficient (Wildman–Crippen LogP) is 3.18. The molecule has 4 nitrogen and oxygen atoms in total. The fraction of sp³-hybridized carbons (Fsp3) is 1.00. The van der Waals surface area contributed by atoms with Gasteiger partial charge < -0.3 is 4.52 Å². The van der Waals surface area contributed by atoms with Gasteiger partial charge in [0, 0.05) is 6.66 Å². The molecule has 0 aliphatic rings. The Kier molecular flexibility index (Phi) is 7.66. The van der Waals surface area contributed by atoms with Crippen LogP contribution in [0.2, 0.25) is 0 Å². The van der Waals surface area contributed by atoms with Crippen LogP contribution >= 0.6 is 15.4 Å². The Labute approximate surface area is 86.4 Å². The first-order chi connectivity index (χ1) is 6.48. The number of unbranched alkanes of at least 4 members (excludes halogenated alkanes) is 3. The Morgan fingerprint density at radius 1 is 1.36 bits per heavy atom. The Morgan fingerprint density at radius 2 is 2.00 bits per heavy atom. The van der Waals surface area contributed by atoms with E-state index in [9.17, 15) is 9.13 Å². The SMILES string of the molecule is CCCCCCOP(C)(=O)C[P+](=O)O. The summed E-state index contributed by atoms with van der Waals surface area (Å²) in [4.78, 5) is 8.59. The summed E-state index contributed by atoms with van der Waals surface area (Å²) in [6, 6.07) is 0. The van der Waals surface area contributed by atoms with Gasteiger partial charge in [0.05, 0.1) is 6.61 Å². The van der Waals surface area contributed by atoms with Gasteiger partial charge in [0.2, 0.25) is 7.37 Å². The van der Waals surface area contributed by atoms with Crippen molar-refractivity contribution in [2.24, 2.45) is 0 Å². The van der Waals surface area contributed by atoms with Gasteiger partial charge in [0.15, 0.2) is 0 Å². The Morgan fingerprint density at radius 3 is 2.50 bits per heavy atom. The molecule has 0 bridgehead atoms. The largest absolute Gasteiger partial charge is 0.515 e. The molecule has 6 heteroatoms. The van der Waals surface area contributed by atoms with Crippen molar-refractivity contribution in [3.8, 4) is 0 Å². The molecule has 0 amide bonds. The van der Waals surface area contributed by atoms with Crippen LogP contribution in [0.1, 0.15) is 32.6 Å². The molecule has 0 heterocycles. The monoisotopic (exact) mass is 241 g/mol. The molecule has 0 aromatic carbocycles. The summed E-state index contributed by atoms with van der Waals surface area (Å²) in [6.07, 6.45) is 4.22. The van der Waals surface area contributed by atoms with E-state index in [0.29, 0.717) is 6.61 Å². The van der Waals surface area contributed by atoms with Gasteiger partial charge in [0.1, 0.15) is 0 Å². The van der Waals surface area contributed by atoms with Gasteiger partial charge in [-0.2, -0.15) is 4.89 Å². The maximum Gasteiger partial charge on any atom is 0.515 e. The lowest BCUT2D eigenvalue weighted by Crippen LogP contribution is -1.94. The quantitative estimate of drug-likeness (QED) is 0.523. The third-order valence-electron chi connectivity index (χ3n) is 1.74. The smallest absolute Gasteiger partial charge is 0.326 e. The molecule has 0 spiro atoms. The normalized spacial score (nSPS) is 16.4. The first-order valence-electron chi connectivity index (χ1n) is 4.82. The van der Waals surface area contributed by atoms with Crippen molar-refractivity contribution in [1.82, 2.24) is 0 Å². The summed E-state index contributed by atoms with van der Waals surface area (Å²) in [5, 5.41) is 0. The van der Waals surface area contributed by atoms with E-state index in [2.05, 4.69) is 6.92 Å². The molecule has 0 aliphatic carbocycles. The van der Waals surface area contributed by atoms with Crippen LogP contribution in [0.4, 0.5) is 0 Å². The standard InChI is InChI=1S/C8H18O4P2/c1-3-4-5-6-7-12-14(2,11)8-13(9)10/h3-8H2,1-2H3/p+1. The molecule has 2 atom stereocenters. The minimum absolute atomic E-state index is 0.226. The average Bonchev–Trinajstić information content (AvgIpc) is 2.01. The molecule has 14 heavy (non-hydrogen) atoms. The second-order valence-electron chi connectivity index (χ2n) is 3.40. The molecule has 1 N–H and O–H groups in total. The summed E-state index contributed by atoms with van der Waals surface area (Å²) in [5.41, 5.74) is 0. The lowest BCUT2D eigenvalue weighted by Gasteiger charge is -2.07. The van der Waals surface area contributed by atoms with Crippen molar-refractivity contribution in [2.75, 3.05) is 19.2 Å². The summed E-state index contributed by atoms with van der Waals surface area (Å²) in [5.74, 6) is -0.226. The van der Waals surface area contributed by atoms with Crippen LogP contribution in [0.5, 0.6) is 0 Å². The second-order valence-corrected chi connectivity index (χ2v) is 7.52. The highest BCUT2D eigenvalue weighted by Gasteiger charge is 2.28. The summed E-state index contributed by atoms with van der Waals surface area (Å²) in [6.45, 7) is 3.95. The lowest BCUT2D eigenvalue weighted by atomic mass is 10.2. The third kappa shape index (κ3) is 8.83. The molecular weight excluding hydrogens is 222 g/mol. The highest BCUT2D eigenvalue weighted by molar-refractivity contribution is 7.68. The summed E-state index contributed by atoms with van der Waals surface area (Å²) in [7, 11) is -5.19. The van der Waals surface area contributed by atoms with Crippen molar-refractivity contribution in [3.05, 3.63) is 0 Å². The van der Waals surface area contributed by atoms with Crippen LogP contribution in [-0.4, -0.2) is 24.1 Å². The molecule has 0 aromatic heterocycles. The maximum atomic E-state index is 11.5. The van der Waals surface area contributed by atoms with Gasteiger partial charge >= 0.3 is 8.03 Å². The van der Waals surface area contributed by atoms with Gasteiger partial charge in [0.25, 0.3) is 5.90 Å². The second kappa shape index (κ2) is 7.53. The fourth-order valence-electron chi connectivity index (χ4n) is 1.05. The molecule has 0 rings (SSSR count). The van der Waals surface area contributed by atoms with Gasteiger partial charge in [-0.25, -0.2) is 0 Å². The molecule has 0 saturated heterocycles. The average molecular weight is 241 g/mol. The van der Waals surface area contributed by atoms with E-state index in [1.165, 1.54) is 6.66 Å². The molecular formula is C8H19O4P2+. The van der Waals surface area contributed by atoms with E-state index < -0.39 is 15.4 Å². The molecule has 0 radical (unpaired) electrons. The first kappa shape index (κ1) is 14.2. The third-order valence-corrected chi connectivity index (χ3v) is 5.49. The van der Waals surface area contributed by atoms with Gasteiger partial charge in [-0.05, 0) is 11.0 Å². The Balaban J connectivity index is 3.56. The fourth-order valence-corrected chi connectivity index (χ4v) is 3.65. The van der Waals surface area contributed by atoms with Gasteiger partial charge in [-0.15, -0.1) is 0 Å². The predicted molar refractivity (Wildman–Crippen MR) is 58.3 cm³/mol. The van der Waals surface area contributed by atoms with E-state index in [1.54, 1.807) is 0 Å². The van der Waals surface area contributed by atoms with Gasteiger partial charge in [-0.1, -0.05) is 26.2 Å². The van der Waals surface area contributed by atoms with Crippen LogP contribution in [0.15, 0.2) is 0 Å². The van der Waals surface area contributed by atoms with Crippen molar-refractivity contribution >= 4 is 15.4 Å². The van der Waals surface area contributed by atoms with Crippen molar-refractivity contribution in [1.29, 1.82) is 0 Å². The van der Waals surface area contributed by atoms with E-state index in [1.807, 2.05) is 0 Å². The minimum Gasteiger partial charge on any atom is -0.326 e. The molecule has 0 aliphatic heterocycles. The minimum atomic E-state index is -2.83. The van der Waals surface area contributed by atoms with E-state index >= 15 is 0 Å². The van der Waals surface area contributed by atoms with Crippen LogP contribution < -0.4 is 0 Å². The molecule has 0 aromatic rings. The summed E-state index contributed by atoms with van der Waals surface area (Å²) >= 11 is 0. The first-order valence-corrected chi connectivity index (χ1v) is 8.48. The zero-order valence-corrected chi connectivity index (χ0v) is 10.6. The van der Waals surface area contributed by atoms with E-state index in [-0.39, 0.29) is 5.90 Å².